The molecule has 0 saturated carbocycles. The van der Waals surface area contributed by atoms with Crippen LogP contribution in [0.4, 0.5) is 0 Å². The van der Waals surface area contributed by atoms with Gasteiger partial charge in [-0.3, -0.25) is 9.05 Å². The normalized spacial score (nSPS) is 11.0. The fraction of sp³-hybridized carbons (Fsp3) is 0. The van der Waals surface area contributed by atoms with Crippen molar-refractivity contribution in [1.29, 1.82) is 0 Å². The molecule has 0 aliphatic heterocycles. The minimum Gasteiger partial charge on any atom is -0.273 e. The summed E-state index contributed by atoms with van der Waals surface area (Å²) in [5, 5.41) is 0.838. The molecule has 0 aliphatic carbocycles. The first-order chi connectivity index (χ1) is 11.3. The molecular formula is C18H15BrO3P+. The van der Waals surface area contributed by atoms with E-state index in [2.05, 4.69) is 16.3 Å². The van der Waals surface area contributed by atoms with Gasteiger partial charge in [-0.25, -0.2) is 0 Å². The molecule has 23 heavy (non-hydrogen) atoms. The van der Waals surface area contributed by atoms with Gasteiger partial charge in [-0.15, -0.1) is 0 Å². The SMILES string of the molecule is BrO[P+](Oc1ccccc1)(Oc1ccccc1)c1ccccc1. The van der Waals surface area contributed by atoms with E-state index in [9.17, 15) is 0 Å². The summed E-state index contributed by atoms with van der Waals surface area (Å²) in [6, 6.07) is 28.7. The van der Waals surface area contributed by atoms with Crippen molar-refractivity contribution in [3.05, 3.63) is 91.0 Å². The maximum Gasteiger partial charge on any atom is 0.547 e. The Morgan fingerprint density at radius 1 is 0.565 bits per heavy atom. The lowest BCUT2D eigenvalue weighted by molar-refractivity contribution is 0.397. The first-order valence-electron chi connectivity index (χ1n) is 7.07. The summed E-state index contributed by atoms with van der Waals surface area (Å²) in [5.41, 5.74) is 0. The fourth-order valence-electron chi connectivity index (χ4n) is 2.04. The predicted molar refractivity (Wildman–Crippen MR) is 97.1 cm³/mol. The van der Waals surface area contributed by atoms with Crippen molar-refractivity contribution in [2.24, 2.45) is 0 Å². The quantitative estimate of drug-likeness (QED) is 0.516. The van der Waals surface area contributed by atoms with Gasteiger partial charge in [0.2, 0.25) is 5.30 Å². The molecule has 0 spiro atoms. The van der Waals surface area contributed by atoms with Crippen LogP contribution in [0.5, 0.6) is 11.5 Å². The van der Waals surface area contributed by atoms with Crippen LogP contribution in [0, 0.1) is 0 Å². The van der Waals surface area contributed by atoms with Gasteiger partial charge >= 0.3 is 7.94 Å². The Morgan fingerprint density at radius 2 is 0.957 bits per heavy atom. The van der Waals surface area contributed by atoms with Crippen molar-refractivity contribution in [2.75, 3.05) is 0 Å². The molecular weight excluding hydrogens is 375 g/mol. The summed E-state index contributed by atoms with van der Waals surface area (Å²) in [5.74, 6) is 1.36. The topological polar surface area (TPSA) is 27.7 Å². The summed E-state index contributed by atoms with van der Waals surface area (Å²) in [4.78, 5) is 0. The highest BCUT2D eigenvalue weighted by molar-refractivity contribution is 9.06. The molecule has 0 fully saturated rings. The molecule has 0 N–H and O–H groups in total. The Hall–Kier alpha value is -1.87. The Labute approximate surface area is 144 Å². The lowest BCUT2D eigenvalue weighted by Crippen LogP contribution is -2.21. The summed E-state index contributed by atoms with van der Waals surface area (Å²) >= 11 is 3.12. The van der Waals surface area contributed by atoms with Crippen LogP contribution in [0.1, 0.15) is 0 Å². The zero-order valence-corrected chi connectivity index (χ0v) is 14.7. The molecule has 3 nitrogen and oxygen atoms in total. The summed E-state index contributed by atoms with van der Waals surface area (Å²) in [7, 11) is -2.86. The van der Waals surface area contributed by atoms with Gasteiger partial charge in [0, 0.05) is 0 Å². The monoisotopic (exact) mass is 389 g/mol. The van der Waals surface area contributed by atoms with Gasteiger partial charge in [-0.2, -0.15) is 0 Å². The largest absolute Gasteiger partial charge is 0.547 e. The van der Waals surface area contributed by atoms with Crippen molar-refractivity contribution in [3.63, 3.8) is 0 Å². The van der Waals surface area contributed by atoms with Crippen molar-refractivity contribution in [3.8, 4) is 11.5 Å². The minimum absolute atomic E-state index is 0.681. The number of halogens is 1. The smallest absolute Gasteiger partial charge is 0.273 e. The van der Waals surface area contributed by atoms with E-state index < -0.39 is 7.94 Å². The van der Waals surface area contributed by atoms with E-state index in [1.807, 2.05) is 91.0 Å². The Balaban J connectivity index is 2.00. The van der Waals surface area contributed by atoms with Gasteiger partial charge in [0.25, 0.3) is 0 Å². The minimum atomic E-state index is -2.86. The van der Waals surface area contributed by atoms with Crippen LogP contribution in [-0.4, -0.2) is 0 Å². The lowest BCUT2D eigenvalue weighted by atomic mass is 10.3. The Morgan fingerprint density at radius 3 is 1.35 bits per heavy atom. The lowest BCUT2D eigenvalue weighted by Gasteiger charge is -2.19. The Bertz CT molecular complexity index is 682. The van der Waals surface area contributed by atoms with Gasteiger partial charge in [-0.1, -0.05) is 58.2 Å². The van der Waals surface area contributed by atoms with Crippen molar-refractivity contribution in [1.82, 2.24) is 0 Å². The molecule has 0 heterocycles. The molecule has 3 aromatic rings. The average Bonchev–Trinajstić information content (AvgIpc) is 2.63. The maximum atomic E-state index is 6.16. The van der Waals surface area contributed by atoms with Crippen LogP contribution < -0.4 is 14.4 Å². The first-order valence-corrected chi connectivity index (χ1v) is 9.26. The van der Waals surface area contributed by atoms with Crippen LogP contribution in [0.2, 0.25) is 0 Å². The van der Waals surface area contributed by atoms with Crippen LogP contribution in [0.3, 0.4) is 0 Å². The van der Waals surface area contributed by atoms with E-state index in [1.165, 1.54) is 0 Å². The molecule has 3 rings (SSSR count). The number of para-hydroxylation sites is 2. The van der Waals surface area contributed by atoms with Crippen LogP contribution in [0.15, 0.2) is 91.0 Å². The molecule has 0 atom stereocenters. The maximum absolute atomic E-state index is 6.16. The molecule has 0 unspecified atom stereocenters. The second-order valence-electron chi connectivity index (χ2n) is 4.71. The zero-order valence-electron chi connectivity index (χ0n) is 12.2. The third kappa shape index (κ3) is 3.91. The average molecular weight is 390 g/mol. The van der Waals surface area contributed by atoms with E-state index in [0.29, 0.717) is 11.5 Å². The second-order valence-corrected chi connectivity index (χ2v) is 7.59. The molecule has 0 radical (unpaired) electrons. The predicted octanol–water partition coefficient (Wildman–Crippen LogP) is 5.56. The molecule has 116 valence electrons. The van der Waals surface area contributed by atoms with Gasteiger partial charge in [-0.05, 0) is 36.4 Å². The van der Waals surface area contributed by atoms with E-state index in [1.54, 1.807) is 0 Å². The van der Waals surface area contributed by atoms with E-state index in [4.69, 9.17) is 12.7 Å². The zero-order chi connectivity index (χ0) is 16.0. The highest BCUT2D eigenvalue weighted by Crippen LogP contribution is 2.61. The second kappa shape index (κ2) is 7.60. The molecule has 3 aromatic carbocycles. The highest BCUT2D eigenvalue weighted by Gasteiger charge is 2.52. The van der Waals surface area contributed by atoms with Gasteiger partial charge in [0.05, 0.1) is 0 Å². The van der Waals surface area contributed by atoms with Crippen molar-refractivity contribution in [2.45, 2.75) is 0 Å². The van der Waals surface area contributed by atoms with Gasteiger partial charge < -0.3 is 0 Å². The number of hydrogen-bond acceptors (Lipinski definition) is 3. The summed E-state index contributed by atoms with van der Waals surface area (Å²) < 4.78 is 17.9. The van der Waals surface area contributed by atoms with E-state index >= 15 is 0 Å². The van der Waals surface area contributed by atoms with Crippen LogP contribution in [0.25, 0.3) is 0 Å². The van der Waals surface area contributed by atoms with E-state index in [-0.39, 0.29) is 0 Å². The fourth-order valence-corrected chi connectivity index (χ4v) is 4.62. The van der Waals surface area contributed by atoms with Crippen molar-refractivity contribution >= 4 is 29.5 Å². The highest BCUT2D eigenvalue weighted by atomic mass is 79.9. The van der Waals surface area contributed by atoms with Gasteiger partial charge in [0.15, 0.2) is 27.8 Å². The summed E-state index contributed by atoms with van der Waals surface area (Å²) in [6.07, 6.45) is 0. The standard InChI is InChI=1S/C18H15BrO3P/c19-22-23(18-14-8-3-9-15-18,20-16-10-4-1-5-11-16)21-17-12-6-2-7-13-17/h1-15H/q+1. The number of rotatable bonds is 6. The Kier molecular flexibility index (Phi) is 5.29. The molecule has 5 heteroatoms. The molecule has 0 aliphatic rings. The van der Waals surface area contributed by atoms with Gasteiger partial charge in [0.1, 0.15) is 0 Å². The molecule has 0 bridgehead atoms. The van der Waals surface area contributed by atoms with Crippen LogP contribution >= 0.6 is 24.2 Å². The molecule has 0 amide bonds. The van der Waals surface area contributed by atoms with Crippen molar-refractivity contribution < 1.29 is 12.7 Å². The number of hydrogen-bond donors (Lipinski definition) is 0. The third-order valence-electron chi connectivity index (χ3n) is 3.10. The third-order valence-corrected chi connectivity index (χ3v) is 6.26. The first kappa shape index (κ1) is 16.0. The molecule has 0 saturated heterocycles. The van der Waals surface area contributed by atoms with E-state index in [0.717, 1.165) is 5.30 Å². The summed E-state index contributed by atoms with van der Waals surface area (Å²) in [6.45, 7) is 0. The number of benzene rings is 3. The van der Waals surface area contributed by atoms with Crippen LogP contribution in [-0.2, 0) is 3.62 Å². The molecule has 0 aromatic heterocycles.